The summed E-state index contributed by atoms with van der Waals surface area (Å²) in [5, 5.41) is 5.72. The van der Waals surface area contributed by atoms with E-state index in [2.05, 4.69) is 44.8 Å². The van der Waals surface area contributed by atoms with Gasteiger partial charge in [0.15, 0.2) is 0 Å². The van der Waals surface area contributed by atoms with Crippen LogP contribution < -0.4 is 15.5 Å². The highest BCUT2D eigenvalue weighted by atomic mass is 16.2. The summed E-state index contributed by atoms with van der Waals surface area (Å²) < 4.78 is 0. The molecular weight excluding hydrogens is 378 g/mol. The van der Waals surface area contributed by atoms with Crippen molar-refractivity contribution >= 4 is 23.5 Å². The van der Waals surface area contributed by atoms with Gasteiger partial charge in [0.1, 0.15) is 12.6 Å². The van der Waals surface area contributed by atoms with Crippen LogP contribution in [0.4, 0.5) is 5.69 Å². The number of anilines is 1. The first-order valence-corrected chi connectivity index (χ1v) is 10.4. The molecule has 0 unspecified atom stereocenters. The zero-order valence-corrected chi connectivity index (χ0v) is 17.2. The van der Waals surface area contributed by atoms with E-state index in [1.54, 1.807) is 0 Å². The average molecular weight is 407 g/mol. The molecule has 0 radical (unpaired) electrons. The highest BCUT2D eigenvalue weighted by Gasteiger charge is 2.31. The Hall–Kier alpha value is -3.19. The maximum atomic E-state index is 12.7. The number of rotatable bonds is 4. The topological polar surface area (TPSA) is 78.2 Å². The van der Waals surface area contributed by atoms with Crippen molar-refractivity contribution in [1.29, 1.82) is 0 Å². The first-order valence-electron chi connectivity index (χ1n) is 10.4. The molecule has 4 rings (SSSR count). The summed E-state index contributed by atoms with van der Waals surface area (Å²) >= 11 is 0. The van der Waals surface area contributed by atoms with E-state index in [-0.39, 0.29) is 18.2 Å². The molecule has 30 heavy (non-hydrogen) atoms. The Kier molecular flexibility index (Phi) is 6.09. The van der Waals surface area contributed by atoms with Crippen LogP contribution in [0.3, 0.4) is 0 Å². The monoisotopic (exact) mass is 406 g/mol. The van der Waals surface area contributed by atoms with Crippen molar-refractivity contribution in [1.82, 2.24) is 10.2 Å². The molecule has 2 aromatic carbocycles. The number of hydrogen-bond donors (Lipinski definition) is 3. The lowest BCUT2D eigenvalue weighted by atomic mass is 10.1. The lowest BCUT2D eigenvalue weighted by Gasteiger charge is -2.35. The molecule has 0 saturated carbocycles. The van der Waals surface area contributed by atoms with Gasteiger partial charge in [0.05, 0.1) is 32.6 Å². The number of aliphatic imine (C=N–C) groups is 1. The molecule has 1 saturated heterocycles. The van der Waals surface area contributed by atoms with Crippen LogP contribution in [0.15, 0.2) is 59.6 Å². The number of piperazine rings is 1. The van der Waals surface area contributed by atoms with E-state index in [1.165, 1.54) is 10.5 Å². The highest BCUT2D eigenvalue weighted by molar-refractivity contribution is 6.05. The molecule has 7 nitrogen and oxygen atoms in total. The predicted octanol–water partition coefficient (Wildman–Crippen LogP) is 0.579. The summed E-state index contributed by atoms with van der Waals surface area (Å²) in [4.78, 5) is 33.0. The lowest BCUT2D eigenvalue weighted by molar-refractivity contribution is -0.917. The van der Waals surface area contributed by atoms with Gasteiger partial charge in [-0.15, -0.1) is 0 Å². The fraction of sp³-hybridized carbons (Fsp3) is 0.348. The maximum Gasteiger partial charge on any atom is 0.249 e. The van der Waals surface area contributed by atoms with Crippen LogP contribution in [-0.2, 0) is 16.1 Å². The molecule has 0 spiro atoms. The van der Waals surface area contributed by atoms with Crippen molar-refractivity contribution < 1.29 is 14.5 Å². The molecule has 2 heterocycles. The summed E-state index contributed by atoms with van der Waals surface area (Å²) in [6.45, 7) is 6.51. The van der Waals surface area contributed by atoms with Gasteiger partial charge in [0, 0.05) is 11.3 Å². The molecule has 156 valence electrons. The fourth-order valence-electron chi connectivity index (χ4n) is 3.85. The second-order valence-electron chi connectivity index (χ2n) is 7.98. The van der Waals surface area contributed by atoms with Gasteiger partial charge in [-0.3, -0.25) is 14.9 Å². The number of guanidine groups is 1. The van der Waals surface area contributed by atoms with E-state index in [1.807, 2.05) is 37.3 Å². The highest BCUT2D eigenvalue weighted by Crippen LogP contribution is 2.13. The van der Waals surface area contributed by atoms with Gasteiger partial charge in [-0.2, -0.15) is 0 Å². The van der Waals surface area contributed by atoms with Gasteiger partial charge < -0.3 is 15.1 Å². The van der Waals surface area contributed by atoms with E-state index >= 15 is 0 Å². The van der Waals surface area contributed by atoms with Crippen LogP contribution in [0.25, 0.3) is 0 Å². The predicted molar refractivity (Wildman–Crippen MR) is 116 cm³/mol. The molecule has 0 bridgehead atoms. The van der Waals surface area contributed by atoms with Gasteiger partial charge in [-0.25, -0.2) is 4.99 Å². The molecular formula is C23H28N5O2+. The van der Waals surface area contributed by atoms with Crippen LogP contribution in [-0.4, -0.2) is 54.9 Å². The van der Waals surface area contributed by atoms with Gasteiger partial charge in [-0.05, 0) is 19.1 Å². The number of nitrogens with one attached hydrogen (secondary N) is 3. The maximum absolute atomic E-state index is 12.7. The third-order valence-electron chi connectivity index (χ3n) is 5.60. The number of quaternary nitrogens is 1. The number of hydrogen-bond acceptors (Lipinski definition) is 4. The van der Waals surface area contributed by atoms with Gasteiger partial charge in [0.2, 0.25) is 17.8 Å². The second-order valence-corrected chi connectivity index (χ2v) is 7.98. The van der Waals surface area contributed by atoms with Crippen molar-refractivity contribution in [3.8, 4) is 0 Å². The van der Waals surface area contributed by atoms with Crippen LogP contribution in [0.5, 0.6) is 0 Å². The number of aryl methyl sites for hydroxylation is 1. The third-order valence-corrected chi connectivity index (χ3v) is 5.60. The Morgan fingerprint density at radius 2 is 1.83 bits per heavy atom. The Balaban J connectivity index is 1.36. The minimum absolute atomic E-state index is 0.0699. The Morgan fingerprint density at radius 1 is 1.13 bits per heavy atom. The van der Waals surface area contributed by atoms with Crippen molar-refractivity contribution in [2.75, 3.05) is 31.5 Å². The fourth-order valence-corrected chi connectivity index (χ4v) is 3.85. The minimum atomic E-state index is -0.704. The van der Waals surface area contributed by atoms with E-state index in [9.17, 15) is 9.59 Å². The molecule has 2 aliphatic heterocycles. The van der Waals surface area contributed by atoms with Crippen LogP contribution in [0, 0.1) is 6.92 Å². The molecule has 2 aromatic rings. The molecule has 7 heteroatoms. The van der Waals surface area contributed by atoms with Crippen molar-refractivity contribution in [2.24, 2.45) is 4.99 Å². The summed E-state index contributed by atoms with van der Waals surface area (Å²) in [7, 11) is 0. The minimum Gasteiger partial charge on any atom is -0.331 e. The molecule has 3 N–H and O–H groups in total. The molecule has 1 fully saturated rings. The molecule has 2 aliphatic rings. The number of nitrogens with zero attached hydrogens (tertiary/aromatic N) is 2. The largest absolute Gasteiger partial charge is 0.331 e. The Bertz CT molecular complexity index is 918. The van der Waals surface area contributed by atoms with Gasteiger partial charge in [0.25, 0.3) is 0 Å². The average Bonchev–Trinajstić information content (AvgIpc) is 2.76. The molecule has 0 aromatic heterocycles. The number of amides is 2. The zero-order chi connectivity index (χ0) is 20.9. The standard InChI is InChI=1S/C23H27N5O2/c1-17-7-9-19(10-8-17)24-22(30)20-15-21(29)26-23(25-20)28-13-11-27(12-14-28)16-18-5-3-2-4-6-18/h2-10,20H,11-16H2,1H3,(H,24,30)(H,25,26,29)/p+1/t20-/m0/s1. The number of carbonyl (C=O) groups is 2. The van der Waals surface area contributed by atoms with Crippen molar-refractivity contribution in [3.63, 3.8) is 0 Å². The Morgan fingerprint density at radius 3 is 2.53 bits per heavy atom. The molecule has 2 amide bonds. The van der Waals surface area contributed by atoms with Crippen LogP contribution >= 0.6 is 0 Å². The van der Waals surface area contributed by atoms with Gasteiger partial charge >= 0.3 is 0 Å². The van der Waals surface area contributed by atoms with Crippen molar-refractivity contribution in [3.05, 3.63) is 65.7 Å². The first-order chi connectivity index (χ1) is 14.6. The van der Waals surface area contributed by atoms with Crippen LogP contribution in [0.1, 0.15) is 17.5 Å². The van der Waals surface area contributed by atoms with Crippen molar-refractivity contribution in [2.45, 2.75) is 25.9 Å². The second kappa shape index (κ2) is 9.09. The Labute approximate surface area is 176 Å². The summed E-state index contributed by atoms with van der Waals surface area (Å²) in [5.74, 6) is 0.108. The molecule has 1 atom stereocenters. The van der Waals surface area contributed by atoms with Gasteiger partial charge in [-0.1, -0.05) is 48.0 Å². The summed E-state index contributed by atoms with van der Waals surface area (Å²) in [6, 6.07) is 17.4. The van der Waals surface area contributed by atoms with E-state index in [4.69, 9.17) is 0 Å². The number of carbonyl (C=O) groups excluding carboxylic acids is 2. The lowest BCUT2D eigenvalue weighted by Crippen LogP contribution is -3.13. The quantitative estimate of drug-likeness (QED) is 0.695. The smallest absolute Gasteiger partial charge is 0.249 e. The zero-order valence-electron chi connectivity index (χ0n) is 17.2. The summed E-state index contributed by atoms with van der Waals surface area (Å²) in [6.07, 6.45) is 0.0699. The third kappa shape index (κ3) is 5.04. The first kappa shape index (κ1) is 20.1. The van der Waals surface area contributed by atoms with E-state index in [0.717, 1.165) is 38.3 Å². The normalized spacial score (nSPS) is 19.8. The van der Waals surface area contributed by atoms with Crippen LogP contribution in [0.2, 0.25) is 0 Å². The number of benzene rings is 2. The van der Waals surface area contributed by atoms with E-state index < -0.39 is 6.04 Å². The molecule has 0 aliphatic carbocycles. The van der Waals surface area contributed by atoms with E-state index in [0.29, 0.717) is 11.6 Å². The SMILES string of the molecule is Cc1ccc(NC(=O)[C@@H]2CC(=O)NC(N3CC[NH+](Cc4ccccc4)CC3)=N2)cc1. The summed E-state index contributed by atoms with van der Waals surface area (Å²) in [5.41, 5.74) is 3.17.